The Morgan fingerprint density at radius 1 is 1.37 bits per heavy atom. The molecule has 0 bridgehead atoms. The van der Waals surface area contributed by atoms with Gasteiger partial charge in [-0.1, -0.05) is 0 Å². The molecule has 0 unspecified atom stereocenters. The highest BCUT2D eigenvalue weighted by molar-refractivity contribution is 5.92. The number of nitrogen functional groups attached to an aromatic ring is 1. The Bertz CT molecular complexity index is 605. The fourth-order valence-corrected chi connectivity index (χ4v) is 1.48. The molecule has 0 radical (unpaired) electrons. The van der Waals surface area contributed by atoms with Gasteiger partial charge in [0.2, 0.25) is 17.5 Å². The summed E-state index contributed by atoms with van der Waals surface area (Å²) in [5.41, 5.74) is 5.29. The van der Waals surface area contributed by atoms with Gasteiger partial charge in [-0.15, -0.1) is 0 Å². The van der Waals surface area contributed by atoms with E-state index >= 15 is 0 Å². The van der Waals surface area contributed by atoms with Crippen molar-refractivity contribution in [2.75, 3.05) is 12.3 Å². The van der Waals surface area contributed by atoms with Crippen molar-refractivity contribution in [3.05, 3.63) is 35.5 Å². The molecule has 1 aromatic heterocycles. The van der Waals surface area contributed by atoms with E-state index in [1.807, 2.05) is 0 Å². The molecule has 19 heavy (non-hydrogen) atoms. The Labute approximate surface area is 107 Å². The van der Waals surface area contributed by atoms with E-state index in [1.54, 1.807) is 6.92 Å². The number of nitrogens with zero attached hydrogens (tertiary/aromatic N) is 1. The quantitative estimate of drug-likeness (QED) is 0.864. The van der Waals surface area contributed by atoms with Gasteiger partial charge in [-0.25, -0.2) is 13.6 Å². The lowest BCUT2D eigenvalue weighted by molar-refractivity contribution is 0.0521. The molecule has 0 saturated carbocycles. The van der Waals surface area contributed by atoms with Crippen molar-refractivity contribution in [1.82, 2.24) is 4.98 Å². The second kappa shape index (κ2) is 5.05. The first kappa shape index (κ1) is 13.0. The van der Waals surface area contributed by atoms with E-state index in [0.717, 1.165) is 12.1 Å². The fourth-order valence-electron chi connectivity index (χ4n) is 1.48. The predicted octanol–water partition coefficient (Wildman–Crippen LogP) is 2.38. The van der Waals surface area contributed by atoms with Crippen LogP contribution in [0.3, 0.4) is 0 Å². The molecule has 100 valence electrons. The number of rotatable bonds is 3. The molecule has 2 aromatic rings. The molecule has 1 heterocycles. The van der Waals surface area contributed by atoms with Crippen LogP contribution in [0.1, 0.15) is 17.4 Å². The van der Waals surface area contributed by atoms with Gasteiger partial charge in [-0.3, -0.25) is 0 Å². The molecule has 7 heteroatoms. The third kappa shape index (κ3) is 2.70. The molecular weight excluding hydrogens is 258 g/mol. The largest absolute Gasteiger partial charge is 0.461 e. The molecule has 5 nitrogen and oxygen atoms in total. The minimum Gasteiger partial charge on any atom is -0.461 e. The Kier molecular flexibility index (Phi) is 3.46. The molecule has 0 fully saturated rings. The summed E-state index contributed by atoms with van der Waals surface area (Å²) in [6.07, 6.45) is 0. The first-order valence-corrected chi connectivity index (χ1v) is 5.41. The van der Waals surface area contributed by atoms with E-state index in [0.29, 0.717) is 6.07 Å². The van der Waals surface area contributed by atoms with Crippen LogP contribution in [0.15, 0.2) is 22.6 Å². The van der Waals surface area contributed by atoms with Crippen LogP contribution in [0.4, 0.5) is 14.7 Å². The van der Waals surface area contributed by atoms with Crippen molar-refractivity contribution in [3.63, 3.8) is 0 Å². The van der Waals surface area contributed by atoms with E-state index < -0.39 is 17.6 Å². The van der Waals surface area contributed by atoms with Crippen molar-refractivity contribution < 1.29 is 22.7 Å². The zero-order valence-corrected chi connectivity index (χ0v) is 9.94. The zero-order chi connectivity index (χ0) is 14.0. The number of hydrogen-bond acceptors (Lipinski definition) is 5. The van der Waals surface area contributed by atoms with Gasteiger partial charge in [-0.05, 0) is 19.1 Å². The number of carbonyl (C=O) groups excluding carboxylic acids is 1. The van der Waals surface area contributed by atoms with E-state index in [1.165, 1.54) is 0 Å². The molecule has 0 aliphatic heterocycles. The summed E-state index contributed by atoms with van der Waals surface area (Å²) >= 11 is 0. The summed E-state index contributed by atoms with van der Waals surface area (Å²) in [7, 11) is 0. The van der Waals surface area contributed by atoms with Gasteiger partial charge in [0.05, 0.1) is 6.61 Å². The highest BCUT2D eigenvalue weighted by atomic mass is 19.1. The zero-order valence-electron chi connectivity index (χ0n) is 9.94. The first-order chi connectivity index (χ1) is 9.01. The maximum Gasteiger partial charge on any atom is 0.362 e. The fraction of sp³-hybridized carbons (Fsp3) is 0.167. The summed E-state index contributed by atoms with van der Waals surface area (Å²) in [6.45, 7) is 1.77. The number of oxazole rings is 1. The number of nitrogens with two attached hydrogens (primary N) is 1. The third-order valence-corrected chi connectivity index (χ3v) is 2.23. The molecule has 0 aliphatic rings. The average Bonchev–Trinajstić information content (AvgIpc) is 2.70. The molecular formula is C12H10F2N2O3. The lowest BCUT2D eigenvalue weighted by Crippen LogP contribution is -2.07. The predicted molar refractivity (Wildman–Crippen MR) is 62.2 cm³/mol. The SMILES string of the molecule is CCOC(=O)c1nc(-c2cc(F)cc(F)c2)oc1N. The Hall–Kier alpha value is -2.44. The van der Waals surface area contributed by atoms with Crippen LogP contribution in [0, 0.1) is 11.6 Å². The molecule has 1 aromatic carbocycles. The first-order valence-electron chi connectivity index (χ1n) is 5.41. The minimum absolute atomic E-state index is 0.0414. The van der Waals surface area contributed by atoms with Crippen LogP contribution in [0.5, 0.6) is 0 Å². The molecule has 2 N–H and O–H groups in total. The van der Waals surface area contributed by atoms with Gasteiger partial charge in [0.1, 0.15) is 11.6 Å². The average molecular weight is 268 g/mol. The molecule has 0 aliphatic carbocycles. The van der Waals surface area contributed by atoms with E-state index in [-0.39, 0.29) is 29.6 Å². The molecule has 0 spiro atoms. The van der Waals surface area contributed by atoms with E-state index in [2.05, 4.69) is 4.98 Å². The minimum atomic E-state index is -0.788. The lowest BCUT2D eigenvalue weighted by Gasteiger charge is -1.97. The second-order valence-electron chi connectivity index (χ2n) is 3.61. The van der Waals surface area contributed by atoms with Crippen molar-refractivity contribution in [2.45, 2.75) is 6.92 Å². The number of aromatic nitrogens is 1. The van der Waals surface area contributed by atoms with E-state index in [4.69, 9.17) is 14.9 Å². The van der Waals surface area contributed by atoms with E-state index in [9.17, 15) is 13.6 Å². The van der Waals surface area contributed by atoms with Crippen LogP contribution in [0.2, 0.25) is 0 Å². The maximum absolute atomic E-state index is 13.1. The third-order valence-electron chi connectivity index (χ3n) is 2.23. The summed E-state index contributed by atoms with van der Waals surface area (Å²) in [6, 6.07) is 2.74. The molecule has 0 amide bonds. The monoisotopic (exact) mass is 268 g/mol. The number of halogens is 2. The number of benzene rings is 1. The van der Waals surface area contributed by atoms with Crippen molar-refractivity contribution in [3.8, 4) is 11.5 Å². The highest BCUT2D eigenvalue weighted by Crippen LogP contribution is 2.25. The number of ether oxygens (including phenoxy) is 1. The van der Waals surface area contributed by atoms with Gasteiger partial charge in [-0.2, -0.15) is 4.98 Å². The molecule has 2 rings (SSSR count). The van der Waals surface area contributed by atoms with Crippen LogP contribution < -0.4 is 5.73 Å². The second-order valence-corrected chi connectivity index (χ2v) is 3.61. The number of hydrogen-bond donors (Lipinski definition) is 1. The summed E-state index contributed by atoms with van der Waals surface area (Å²) in [5.74, 6) is -2.75. The summed E-state index contributed by atoms with van der Waals surface area (Å²) < 4.78 is 35.9. The topological polar surface area (TPSA) is 78.3 Å². The smallest absolute Gasteiger partial charge is 0.362 e. The molecule has 0 saturated heterocycles. The van der Waals surface area contributed by atoms with Crippen LogP contribution in [0.25, 0.3) is 11.5 Å². The normalized spacial score (nSPS) is 10.5. The maximum atomic E-state index is 13.1. The Balaban J connectivity index is 2.41. The van der Waals surface area contributed by atoms with Gasteiger partial charge in [0.15, 0.2) is 0 Å². The van der Waals surface area contributed by atoms with Crippen LogP contribution >= 0.6 is 0 Å². The highest BCUT2D eigenvalue weighted by Gasteiger charge is 2.20. The number of esters is 1. The van der Waals surface area contributed by atoms with Crippen LogP contribution in [-0.4, -0.2) is 17.6 Å². The number of carbonyl (C=O) groups is 1. The summed E-state index contributed by atoms with van der Waals surface area (Å²) in [4.78, 5) is 15.3. The standard InChI is InChI=1S/C12H10F2N2O3/c1-2-18-12(17)9-10(15)19-11(16-9)6-3-7(13)5-8(14)4-6/h3-5H,2,15H2,1H3. The van der Waals surface area contributed by atoms with Crippen molar-refractivity contribution >= 4 is 11.9 Å². The van der Waals surface area contributed by atoms with Gasteiger partial charge < -0.3 is 14.9 Å². The molecule has 0 atom stereocenters. The van der Waals surface area contributed by atoms with Gasteiger partial charge >= 0.3 is 5.97 Å². The number of anilines is 1. The van der Waals surface area contributed by atoms with Crippen molar-refractivity contribution in [1.29, 1.82) is 0 Å². The Morgan fingerprint density at radius 3 is 2.58 bits per heavy atom. The van der Waals surface area contributed by atoms with Gasteiger partial charge in [0.25, 0.3) is 0 Å². The Morgan fingerprint density at radius 2 is 2.00 bits per heavy atom. The van der Waals surface area contributed by atoms with Crippen molar-refractivity contribution in [2.24, 2.45) is 0 Å². The summed E-state index contributed by atoms with van der Waals surface area (Å²) in [5, 5.41) is 0. The lowest BCUT2D eigenvalue weighted by atomic mass is 10.2. The van der Waals surface area contributed by atoms with Crippen LogP contribution in [-0.2, 0) is 4.74 Å². The van der Waals surface area contributed by atoms with Gasteiger partial charge in [0, 0.05) is 11.6 Å².